The molecule has 2 aromatic carbocycles. The Kier molecular flexibility index (Phi) is 6.78. The first-order chi connectivity index (χ1) is 21.6. The average Bonchev–Trinajstić information content (AvgIpc) is 3.79. The number of aliphatic hydroxyl groups is 1. The molecule has 11 heteroatoms. The van der Waals surface area contributed by atoms with Gasteiger partial charge in [-0.25, -0.2) is 4.98 Å². The van der Waals surface area contributed by atoms with E-state index in [1.807, 2.05) is 62.4 Å². The highest BCUT2D eigenvalue weighted by Crippen LogP contribution is 2.59. The molecule has 1 spiro atoms. The number of rotatable bonds is 6. The van der Waals surface area contributed by atoms with Crippen molar-refractivity contribution in [2.75, 3.05) is 5.32 Å². The molecule has 45 heavy (non-hydrogen) atoms. The van der Waals surface area contributed by atoms with Gasteiger partial charge in [0.2, 0.25) is 17.7 Å². The van der Waals surface area contributed by atoms with Crippen LogP contribution in [0.1, 0.15) is 74.2 Å². The number of benzene rings is 2. The summed E-state index contributed by atoms with van der Waals surface area (Å²) in [6, 6.07) is 15.0. The number of nitrogens with zero attached hydrogens (tertiary/aromatic N) is 3. The monoisotopic (exact) mass is 607 g/mol. The molecule has 1 unspecified atom stereocenters. The summed E-state index contributed by atoms with van der Waals surface area (Å²) >= 11 is 0. The molecular weight excluding hydrogens is 574 g/mol. The van der Waals surface area contributed by atoms with Crippen LogP contribution in [0.4, 0.5) is 5.69 Å². The molecule has 7 rings (SSSR count). The van der Waals surface area contributed by atoms with Gasteiger partial charge in [-0.2, -0.15) is 10.2 Å². The highest BCUT2D eigenvalue weighted by atomic mass is 16.5. The minimum atomic E-state index is -1.17. The molecule has 230 valence electrons. The van der Waals surface area contributed by atoms with Crippen molar-refractivity contribution in [3.63, 3.8) is 0 Å². The molecule has 3 N–H and O–H groups in total. The molecule has 3 aliphatic heterocycles. The Morgan fingerprint density at radius 1 is 1.13 bits per heavy atom. The van der Waals surface area contributed by atoms with E-state index in [-0.39, 0.29) is 53.8 Å². The first-order valence-corrected chi connectivity index (χ1v) is 15.2. The Morgan fingerprint density at radius 2 is 1.93 bits per heavy atom. The van der Waals surface area contributed by atoms with Crippen LogP contribution in [-0.4, -0.2) is 39.1 Å². The van der Waals surface area contributed by atoms with E-state index in [1.165, 1.54) is 6.26 Å². The van der Waals surface area contributed by atoms with Crippen LogP contribution in [0.2, 0.25) is 0 Å². The lowest BCUT2D eigenvalue weighted by atomic mass is 9.72. The molecule has 0 radical (unpaired) electrons. The van der Waals surface area contributed by atoms with Gasteiger partial charge in [-0.1, -0.05) is 58.0 Å². The molecule has 0 aliphatic carbocycles. The minimum absolute atomic E-state index is 0.0904. The Balaban J connectivity index is 1.48. The number of aromatic nitrogens is 2. The lowest BCUT2D eigenvalue weighted by Gasteiger charge is -2.28. The number of hydrogen-bond acceptors (Lipinski definition) is 10. The Morgan fingerprint density at radius 3 is 2.67 bits per heavy atom. The molecule has 0 fully saturated rings. The maximum Gasteiger partial charge on any atom is 0.250 e. The number of anilines is 1. The van der Waals surface area contributed by atoms with Crippen molar-refractivity contribution in [3.8, 4) is 23.4 Å². The maximum absolute atomic E-state index is 14.0. The normalized spacial score (nSPS) is 23.6. The van der Waals surface area contributed by atoms with Crippen LogP contribution in [0, 0.1) is 29.1 Å². The topological polar surface area (TPSA) is 164 Å². The largest absolute Gasteiger partial charge is 0.469 e. The van der Waals surface area contributed by atoms with Gasteiger partial charge in [-0.15, -0.1) is 0 Å². The van der Waals surface area contributed by atoms with Crippen LogP contribution in [-0.2, 0) is 21.4 Å². The second-order valence-electron chi connectivity index (χ2n) is 12.7. The summed E-state index contributed by atoms with van der Waals surface area (Å²) in [6.07, 6.45) is -0.380. The summed E-state index contributed by atoms with van der Waals surface area (Å²) in [5, 5.41) is 26.7. The van der Waals surface area contributed by atoms with E-state index in [0.717, 1.165) is 22.4 Å². The van der Waals surface area contributed by atoms with Gasteiger partial charge in [0, 0.05) is 23.6 Å². The van der Waals surface area contributed by atoms with Crippen LogP contribution in [0.5, 0.6) is 5.75 Å². The summed E-state index contributed by atoms with van der Waals surface area (Å²) in [5.74, 6) is -0.552. The number of fused-ring (bicyclic) bond motifs is 4. The number of Topliss-reactive ketones (excluding diaryl/α,β-unsaturated/α-hetero) is 1. The Bertz CT molecular complexity index is 1870. The highest BCUT2D eigenvalue weighted by Gasteiger charge is 2.61. The fourth-order valence-corrected chi connectivity index (χ4v) is 6.73. The van der Waals surface area contributed by atoms with Gasteiger partial charge in [0.25, 0.3) is 0 Å². The van der Waals surface area contributed by atoms with E-state index in [1.54, 1.807) is 13.8 Å². The summed E-state index contributed by atoms with van der Waals surface area (Å²) in [7, 11) is 0. The Hall–Kier alpha value is -4.95. The smallest absolute Gasteiger partial charge is 0.250 e. The third kappa shape index (κ3) is 4.43. The fourth-order valence-electron chi connectivity index (χ4n) is 6.73. The quantitative estimate of drug-likeness (QED) is 0.281. The number of nitrogens with one attached hydrogen (secondary N) is 2. The number of hydrogen-bond donors (Lipinski definition) is 3. The van der Waals surface area contributed by atoms with Crippen molar-refractivity contribution >= 4 is 17.4 Å². The van der Waals surface area contributed by atoms with Gasteiger partial charge in [-0.3, -0.25) is 9.59 Å². The zero-order chi connectivity index (χ0) is 31.6. The minimum Gasteiger partial charge on any atom is -0.469 e. The molecule has 1 amide bonds. The standard InChI is InChI=1S/C34H33N5O6/c1-16(2)26-32-39-27(31-36-20(14-35)15-43-31)29(45-32)34-21-7-5-6-8-23(21)37-33(34)44-25-10-9-18(12-22(25)34)11-19(30(42)38-26)13-24(40)28(41)17(3)4/h5-10,12,15-17,19,26,28,33,37,41H,11,13H2,1-4H3,(H,38,42)/t19-,26+,28+,33+,34?/m1/s1. The number of amides is 1. The van der Waals surface area contributed by atoms with Crippen LogP contribution < -0.4 is 15.4 Å². The van der Waals surface area contributed by atoms with Gasteiger partial charge in [0.1, 0.15) is 35.6 Å². The van der Waals surface area contributed by atoms with E-state index in [9.17, 15) is 20.0 Å². The number of ketones is 1. The van der Waals surface area contributed by atoms with Crippen molar-refractivity contribution < 1.29 is 28.3 Å². The van der Waals surface area contributed by atoms with Gasteiger partial charge in [0.05, 0.1) is 0 Å². The molecule has 4 bridgehead atoms. The van der Waals surface area contributed by atoms with Gasteiger partial charge in [-0.05, 0) is 41.5 Å². The number of nitriles is 1. The molecular formula is C34H33N5O6. The summed E-state index contributed by atoms with van der Waals surface area (Å²) in [6.45, 7) is 7.42. The maximum atomic E-state index is 14.0. The number of ether oxygens (including phenoxy) is 1. The number of oxazole rings is 2. The Labute approximate surface area is 259 Å². The molecule has 0 saturated carbocycles. The molecule has 5 heterocycles. The van der Waals surface area contributed by atoms with Crippen LogP contribution in [0.25, 0.3) is 11.6 Å². The molecule has 0 saturated heterocycles. The summed E-state index contributed by atoms with van der Waals surface area (Å²) in [4.78, 5) is 36.3. The van der Waals surface area contributed by atoms with E-state index < -0.39 is 29.7 Å². The number of aliphatic hydroxyl groups excluding tert-OH is 1. The first kappa shape index (κ1) is 28.8. The molecule has 11 nitrogen and oxygen atoms in total. The van der Waals surface area contributed by atoms with Crippen molar-refractivity contribution in [1.29, 1.82) is 5.26 Å². The number of carbonyl (C=O) groups excluding carboxylic acids is 2. The predicted molar refractivity (Wildman–Crippen MR) is 161 cm³/mol. The van der Waals surface area contributed by atoms with Gasteiger partial charge in [0.15, 0.2) is 29.2 Å². The lowest BCUT2D eigenvalue weighted by Crippen LogP contribution is -2.41. The second-order valence-corrected chi connectivity index (χ2v) is 12.7. The van der Waals surface area contributed by atoms with Crippen LogP contribution in [0.3, 0.4) is 0 Å². The van der Waals surface area contributed by atoms with Crippen LogP contribution in [0.15, 0.2) is 57.6 Å². The zero-order valence-electron chi connectivity index (χ0n) is 25.3. The third-order valence-electron chi connectivity index (χ3n) is 9.06. The highest BCUT2D eigenvalue weighted by molar-refractivity contribution is 5.89. The van der Waals surface area contributed by atoms with E-state index in [4.69, 9.17) is 18.6 Å². The van der Waals surface area contributed by atoms with Gasteiger partial charge >= 0.3 is 0 Å². The summed E-state index contributed by atoms with van der Waals surface area (Å²) in [5.41, 5.74) is 2.73. The van der Waals surface area contributed by atoms with E-state index in [2.05, 4.69) is 15.6 Å². The predicted octanol–water partition coefficient (Wildman–Crippen LogP) is 4.64. The fraction of sp³-hybridized carbons (Fsp3) is 0.382. The van der Waals surface area contributed by atoms with Crippen molar-refractivity contribution in [1.82, 2.24) is 15.3 Å². The van der Waals surface area contributed by atoms with E-state index in [0.29, 0.717) is 17.2 Å². The van der Waals surface area contributed by atoms with Crippen molar-refractivity contribution in [2.24, 2.45) is 17.8 Å². The molecule has 2 aromatic heterocycles. The number of para-hydroxylation sites is 1. The molecule has 5 atom stereocenters. The molecule has 3 aliphatic rings. The third-order valence-corrected chi connectivity index (χ3v) is 9.06. The second kappa shape index (κ2) is 10.6. The lowest BCUT2D eigenvalue weighted by molar-refractivity contribution is -0.135. The zero-order valence-corrected chi connectivity index (χ0v) is 25.3. The van der Waals surface area contributed by atoms with Crippen molar-refractivity contribution in [3.05, 3.63) is 82.8 Å². The van der Waals surface area contributed by atoms with Crippen LogP contribution >= 0.6 is 0 Å². The molecule has 4 aromatic rings. The first-order valence-electron chi connectivity index (χ1n) is 15.2. The SMILES string of the molecule is CC(C)[C@H](O)C(=O)C[C@H]1Cc2ccc3c(c2)C2(c4ccccc4N[C@H]2O3)c2oc(nc2-c2nc(C#N)co2)[C@H](C(C)C)NC1=O. The summed E-state index contributed by atoms with van der Waals surface area (Å²) < 4.78 is 19.1. The number of carbonyl (C=O) groups is 2. The van der Waals surface area contributed by atoms with E-state index >= 15 is 0 Å². The van der Waals surface area contributed by atoms with Crippen molar-refractivity contribution in [2.45, 2.75) is 64.3 Å². The average molecular weight is 608 g/mol. The van der Waals surface area contributed by atoms with Gasteiger partial charge < -0.3 is 29.3 Å².